The van der Waals surface area contributed by atoms with Gasteiger partial charge in [0.2, 0.25) is 0 Å². The number of aromatic nitrogens is 2. The molecule has 2 aromatic rings. The highest BCUT2D eigenvalue weighted by Crippen LogP contribution is 2.11. The summed E-state index contributed by atoms with van der Waals surface area (Å²) in [4.78, 5) is 16.2. The van der Waals surface area contributed by atoms with E-state index in [1.807, 2.05) is 19.1 Å². The predicted octanol–water partition coefficient (Wildman–Crippen LogP) is 1.42. The van der Waals surface area contributed by atoms with Crippen LogP contribution in [-0.2, 0) is 6.54 Å². The summed E-state index contributed by atoms with van der Waals surface area (Å²) in [5, 5.41) is 0.625. The van der Waals surface area contributed by atoms with Crippen LogP contribution in [0, 0.1) is 0 Å². The smallest absolute Gasteiger partial charge is 0.299 e. The maximum absolute atomic E-state index is 12.0. The van der Waals surface area contributed by atoms with Gasteiger partial charge in [0.25, 0.3) is 11.6 Å². The largest absolute Gasteiger partial charge is 0.468 e. The van der Waals surface area contributed by atoms with Crippen LogP contribution in [-0.4, -0.2) is 16.7 Å². The Morgan fingerprint density at radius 2 is 2.13 bits per heavy atom. The normalized spacial score (nSPS) is 10.5. The van der Waals surface area contributed by atoms with E-state index in [0.717, 1.165) is 0 Å². The van der Waals surface area contributed by atoms with Gasteiger partial charge in [-0.05, 0) is 19.1 Å². The molecule has 4 nitrogen and oxygen atoms in total. The van der Waals surface area contributed by atoms with E-state index in [0.29, 0.717) is 23.5 Å². The number of rotatable bonds is 2. The molecule has 1 aromatic heterocycles. The van der Waals surface area contributed by atoms with Crippen molar-refractivity contribution in [1.82, 2.24) is 9.55 Å². The molecule has 0 atom stereocenters. The van der Waals surface area contributed by atoms with E-state index in [2.05, 4.69) is 4.98 Å². The number of para-hydroxylation sites is 1. The zero-order valence-corrected chi connectivity index (χ0v) is 8.73. The van der Waals surface area contributed by atoms with Crippen molar-refractivity contribution in [3.05, 3.63) is 34.6 Å². The van der Waals surface area contributed by atoms with E-state index < -0.39 is 0 Å². The van der Waals surface area contributed by atoms with Crippen LogP contribution in [0.2, 0.25) is 0 Å². The van der Waals surface area contributed by atoms with Crippen molar-refractivity contribution in [2.45, 2.75) is 13.5 Å². The summed E-state index contributed by atoms with van der Waals surface area (Å²) in [5.74, 6) is 0. The van der Waals surface area contributed by atoms with Gasteiger partial charge in [-0.3, -0.25) is 9.36 Å². The van der Waals surface area contributed by atoms with Gasteiger partial charge in [-0.25, -0.2) is 0 Å². The lowest BCUT2D eigenvalue weighted by molar-refractivity contribution is 0.351. The van der Waals surface area contributed by atoms with E-state index in [-0.39, 0.29) is 5.56 Å². The number of methoxy groups -OCH3 is 1. The Hall–Kier alpha value is -1.84. The third kappa shape index (κ3) is 1.48. The summed E-state index contributed by atoms with van der Waals surface area (Å²) in [5.41, 5.74) is 0.615. The van der Waals surface area contributed by atoms with E-state index in [9.17, 15) is 4.79 Å². The molecule has 0 radical (unpaired) electrons. The van der Waals surface area contributed by atoms with E-state index in [4.69, 9.17) is 4.74 Å². The molecule has 0 spiro atoms. The van der Waals surface area contributed by atoms with Crippen LogP contribution in [0.5, 0.6) is 6.01 Å². The quantitative estimate of drug-likeness (QED) is 0.743. The molecule has 0 amide bonds. The Balaban J connectivity index is 2.88. The van der Waals surface area contributed by atoms with E-state index in [1.165, 1.54) is 11.7 Å². The molecule has 1 heterocycles. The maximum atomic E-state index is 12.0. The van der Waals surface area contributed by atoms with Crippen molar-refractivity contribution in [1.29, 1.82) is 0 Å². The van der Waals surface area contributed by atoms with Gasteiger partial charge in [-0.1, -0.05) is 12.1 Å². The SMILES string of the molecule is CCn1c(OC)nc2ccccc2c1=O. The summed E-state index contributed by atoms with van der Waals surface area (Å²) in [6.45, 7) is 2.44. The lowest BCUT2D eigenvalue weighted by atomic mass is 10.2. The van der Waals surface area contributed by atoms with Crippen molar-refractivity contribution >= 4 is 10.9 Å². The van der Waals surface area contributed by atoms with Gasteiger partial charge in [0.1, 0.15) is 0 Å². The summed E-state index contributed by atoms with van der Waals surface area (Å²) in [6, 6.07) is 7.62. The molecule has 0 saturated carbocycles. The van der Waals surface area contributed by atoms with Crippen molar-refractivity contribution in [2.24, 2.45) is 0 Å². The number of fused-ring (bicyclic) bond motifs is 1. The molecule has 15 heavy (non-hydrogen) atoms. The highest BCUT2D eigenvalue weighted by Gasteiger charge is 2.08. The third-order valence-electron chi connectivity index (χ3n) is 2.33. The second-order valence-corrected chi connectivity index (χ2v) is 3.17. The Labute approximate surface area is 87.1 Å². The van der Waals surface area contributed by atoms with E-state index >= 15 is 0 Å². The molecule has 0 saturated heterocycles. The molecule has 78 valence electrons. The van der Waals surface area contributed by atoms with Crippen LogP contribution < -0.4 is 10.3 Å². The van der Waals surface area contributed by atoms with Crippen LogP contribution in [0.25, 0.3) is 10.9 Å². The first kappa shape index (κ1) is 9.71. The molecule has 0 aliphatic rings. The maximum Gasteiger partial charge on any atom is 0.299 e. The van der Waals surface area contributed by atoms with Crippen LogP contribution in [0.1, 0.15) is 6.92 Å². The van der Waals surface area contributed by atoms with Crippen LogP contribution >= 0.6 is 0 Å². The predicted molar refractivity (Wildman–Crippen MR) is 58.2 cm³/mol. The first-order chi connectivity index (χ1) is 7.27. The van der Waals surface area contributed by atoms with Crippen molar-refractivity contribution in [3.63, 3.8) is 0 Å². The standard InChI is InChI=1S/C11H12N2O2/c1-3-13-10(14)8-6-4-5-7-9(8)12-11(13)15-2/h4-7H,3H2,1-2H3. The fourth-order valence-electron chi connectivity index (χ4n) is 1.58. The van der Waals surface area contributed by atoms with Crippen LogP contribution in [0.3, 0.4) is 0 Å². The third-order valence-corrected chi connectivity index (χ3v) is 2.33. The van der Waals surface area contributed by atoms with Gasteiger partial charge in [-0.15, -0.1) is 0 Å². The molecule has 2 rings (SSSR count). The summed E-state index contributed by atoms with van der Waals surface area (Å²) >= 11 is 0. The van der Waals surface area contributed by atoms with Gasteiger partial charge >= 0.3 is 0 Å². The minimum absolute atomic E-state index is 0.0556. The topological polar surface area (TPSA) is 44.1 Å². The Kier molecular flexibility index (Phi) is 2.41. The van der Waals surface area contributed by atoms with Gasteiger partial charge in [0, 0.05) is 6.54 Å². The van der Waals surface area contributed by atoms with Gasteiger partial charge < -0.3 is 4.74 Å². The molecule has 0 N–H and O–H groups in total. The fourth-order valence-corrected chi connectivity index (χ4v) is 1.58. The molecule has 0 aliphatic carbocycles. The minimum atomic E-state index is -0.0556. The second kappa shape index (κ2) is 3.73. The lowest BCUT2D eigenvalue weighted by Crippen LogP contribution is -2.22. The van der Waals surface area contributed by atoms with Crippen molar-refractivity contribution in [3.8, 4) is 6.01 Å². The zero-order chi connectivity index (χ0) is 10.8. The molecule has 0 fully saturated rings. The van der Waals surface area contributed by atoms with Crippen LogP contribution in [0.4, 0.5) is 0 Å². The average molecular weight is 204 g/mol. The molecular weight excluding hydrogens is 192 g/mol. The molecule has 0 bridgehead atoms. The second-order valence-electron chi connectivity index (χ2n) is 3.17. The average Bonchev–Trinajstić information content (AvgIpc) is 2.29. The number of hydrogen-bond donors (Lipinski definition) is 0. The summed E-state index contributed by atoms with van der Waals surface area (Å²) in [7, 11) is 1.52. The highest BCUT2D eigenvalue weighted by molar-refractivity contribution is 5.77. The lowest BCUT2D eigenvalue weighted by Gasteiger charge is -2.09. The Bertz CT molecular complexity index is 546. The molecule has 0 unspecified atom stereocenters. The molecule has 4 heteroatoms. The van der Waals surface area contributed by atoms with Gasteiger partial charge in [0.15, 0.2) is 0 Å². The first-order valence-corrected chi connectivity index (χ1v) is 4.81. The zero-order valence-electron chi connectivity index (χ0n) is 8.73. The van der Waals surface area contributed by atoms with Gasteiger partial charge in [0.05, 0.1) is 18.0 Å². The Morgan fingerprint density at radius 3 is 2.80 bits per heavy atom. The van der Waals surface area contributed by atoms with Crippen molar-refractivity contribution in [2.75, 3.05) is 7.11 Å². The number of nitrogens with zero attached hydrogens (tertiary/aromatic N) is 2. The Morgan fingerprint density at radius 1 is 1.40 bits per heavy atom. The summed E-state index contributed by atoms with van der Waals surface area (Å²) < 4.78 is 6.59. The molecular formula is C11H12N2O2. The summed E-state index contributed by atoms with van der Waals surface area (Å²) in [6.07, 6.45) is 0. The monoisotopic (exact) mass is 204 g/mol. The molecule has 1 aromatic carbocycles. The van der Waals surface area contributed by atoms with Crippen molar-refractivity contribution < 1.29 is 4.74 Å². The van der Waals surface area contributed by atoms with Crippen LogP contribution in [0.15, 0.2) is 29.1 Å². The minimum Gasteiger partial charge on any atom is -0.468 e. The fraction of sp³-hybridized carbons (Fsp3) is 0.273. The van der Waals surface area contributed by atoms with Gasteiger partial charge in [-0.2, -0.15) is 4.98 Å². The first-order valence-electron chi connectivity index (χ1n) is 4.81. The number of ether oxygens (including phenoxy) is 1. The molecule has 0 aliphatic heterocycles. The number of hydrogen-bond acceptors (Lipinski definition) is 3. The van der Waals surface area contributed by atoms with E-state index in [1.54, 1.807) is 12.1 Å². The number of benzene rings is 1. The highest BCUT2D eigenvalue weighted by atomic mass is 16.5.